The van der Waals surface area contributed by atoms with E-state index in [1.54, 1.807) is 7.11 Å². The number of benzene rings is 4. The molecule has 2 heterocycles. The van der Waals surface area contributed by atoms with Gasteiger partial charge in [-0.3, -0.25) is 4.98 Å². The first-order valence-electron chi connectivity index (χ1n) is 10.6. The molecule has 6 rings (SSSR count). The van der Waals surface area contributed by atoms with Crippen molar-refractivity contribution in [1.29, 1.82) is 0 Å². The second-order valence-corrected chi connectivity index (χ2v) is 7.88. The van der Waals surface area contributed by atoms with Crippen molar-refractivity contribution >= 4 is 32.6 Å². The van der Waals surface area contributed by atoms with E-state index in [9.17, 15) is 0 Å². The summed E-state index contributed by atoms with van der Waals surface area (Å²) >= 11 is 0. The van der Waals surface area contributed by atoms with Crippen LogP contribution < -0.4 is 4.74 Å². The summed E-state index contributed by atoms with van der Waals surface area (Å²) < 4.78 is 5.37. The van der Waals surface area contributed by atoms with Crippen LogP contribution in [0.4, 0.5) is 0 Å². The zero-order chi connectivity index (χ0) is 21.5. The maximum Gasteiger partial charge on any atom is 0.118 e. The van der Waals surface area contributed by atoms with Crippen LogP contribution in [0.25, 0.3) is 55.0 Å². The van der Waals surface area contributed by atoms with Crippen molar-refractivity contribution in [2.24, 2.45) is 0 Å². The van der Waals surface area contributed by atoms with Crippen molar-refractivity contribution in [3.05, 3.63) is 103 Å². The molecule has 4 aromatic carbocycles. The Morgan fingerprint density at radius 1 is 0.656 bits per heavy atom. The lowest BCUT2D eigenvalue weighted by atomic mass is 9.95. The van der Waals surface area contributed by atoms with Gasteiger partial charge in [0.25, 0.3) is 0 Å². The third-order valence-electron chi connectivity index (χ3n) is 5.99. The number of pyridine rings is 2. The molecule has 0 aliphatic rings. The topological polar surface area (TPSA) is 35.0 Å². The van der Waals surface area contributed by atoms with Crippen LogP contribution in [-0.2, 0) is 0 Å². The maximum absolute atomic E-state index is 5.37. The van der Waals surface area contributed by atoms with E-state index >= 15 is 0 Å². The van der Waals surface area contributed by atoms with E-state index < -0.39 is 0 Å². The van der Waals surface area contributed by atoms with E-state index in [2.05, 4.69) is 77.8 Å². The Balaban J connectivity index is 1.66. The molecule has 3 heteroatoms. The molecule has 32 heavy (non-hydrogen) atoms. The van der Waals surface area contributed by atoms with E-state index in [1.165, 1.54) is 10.8 Å². The fourth-order valence-corrected chi connectivity index (χ4v) is 4.36. The number of methoxy groups -OCH3 is 1. The number of hydrogen-bond acceptors (Lipinski definition) is 3. The summed E-state index contributed by atoms with van der Waals surface area (Å²) in [5, 5.41) is 4.65. The third kappa shape index (κ3) is 3.07. The van der Waals surface area contributed by atoms with Crippen LogP contribution >= 0.6 is 0 Å². The Hall–Kier alpha value is -4.24. The molecule has 0 spiro atoms. The first kappa shape index (κ1) is 18.5. The van der Waals surface area contributed by atoms with Crippen LogP contribution in [0.2, 0.25) is 0 Å². The van der Waals surface area contributed by atoms with Gasteiger partial charge in [-0.15, -0.1) is 0 Å². The Labute approximate surface area is 186 Å². The Morgan fingerprint density at radius 3 is 2.25 bits per heavy atom. The number of hydrogen-bond donors (Lipinski definition) is 0. The standard InChI is InChI=1S/C29H20N2O/c1-32-23-14-12-20(13-15-23)25-17-27(22-11-10-19-6-2-3-7-21(19)16-22)31-28-18-30-26-9-5-4-8-24(26)29(25)28/h2-18H,1H3. The average molecular weight is 412 g/mol. The van der Waals surface area contributed by atoms with Gasteiger partial charge in [0.2, 0.25) is 0 Å². The maximum atomic E-state index is 5.37. The average Bonchev–Trinajstić information content (AvgIpc) is 2.87. The van der Waals surface area contributed by atoms with Gasteiger partial charge in [0.05, 0.1) is 30.0 Å². The van der Waals surface area contributed by atoms with Crippen LogP contribution in [0.1, 0.15) is 0 Å². The van der Waals surface area contributed by atoms with Crippen molar-refractivity contribution in [2.75, 3.05) is 7.11 Å². The molecule has 2 aromatic heterocycles. The Kier molecular flexibility index (Phi) is 4.32. The van der Waals surface area contributed by atoms with Gasteiger partial charge in [-0.1, -0.05) is 66.7 Å². The molecule has 3 nitrogen and oxygen atoms in total. The van der Waals surface area contributed by atoms with Crippen LogP contribution in [-0.4, -0.2) is 17.1 Å². The molecule has 0 amide bonds. The number of fused-ring (bicyclic) bond motifs is 4. The van der Waals surface area contributed by atoms with Gasteiger partial charge in [-0.05, 0) is 52.2 Å². The summed E-state index contributed by atoms with van der Waals surface area (Å²) in [7, 11) is 1.69. The summed E-state index contributed by atoms with van der Waals surface area (Å²) in [6.07, 6.45) is 1.88. The summed E-state index contributed by atoms with van der Waals surface area (Å²) in [6, 6.07) is 33.5. The number of aromatic nitrogens is 2. The quantitative estimate of drug-likeness (QED) is 0.287. The lowest BCUT2D eigenvalue weighted by molar-refractivity contribution is 0.415. The molecule has 0 N–H and O–H groups in total. The van der Waals surface area contributed by atoms with Gasteiger partial charge in [-0.25, -0.2) is 4.98 Å². The monoisotopic (exact) mass is 412 g/mol. The van der Waals surface area contributed by atoms with Crippen molar-refractivity contribution < 1.29 is 4.74 Å². The molecule has 0 saturated carbocycles. The molecule has 0 radical (unpaired) electrons. The molecule has 0 bridgehead atoms. The van der Waals surface area contributed by atoms with Crippen LogP contribution in [0.15, 0.2) is 103 Å². The van der Waals surface area contributed by atoms with E-state index in [1.807, 2.05) is 30.5 Å². The first-order chi connectivity index (χ1) is 15.8. The molecule has 0 fully saturated rings. The summed E-state index contributed by atoms with van der Waals surface area (Å²) in [4.78, 5) is 9.71. The zero-order valence-electron chi connectivity index (χ0n) is 17.6. The molecule has 0 aliphatic heterocycles. The van der Waals surface area contributed by atoms with Crippen molar-refractivity contribution in [2.45, 2.75) is 0 Å². The molecule has 0 atom stereocenters. The van der Waals surface area contributed by atoms with E-state index in [-0.39, 0.29) is 0 Å². The predicted molar refractivity (Wildman–Crippen MR) is 132 cm³/mol. The third-order valence-corrected chi connectivity index (χ3v) is 5.99. The highest BCUT2D eigenvalue weighted by molar-refractivity contribution is 6.12. The van der Waals surface area contributed by atoms with Gasteiger partial charge in [-0.2, -0.15) is 0 Å². The van der Waals surface area contributed by atoms with Gasteiger partial charge in [0, 0.05) is 16.3 Å². The Bertz CT molecular complexity index is 1600. The van der Waals surface area contributed by atoms with E-state index in [4.69, 9.17) is 9.72 Å². The van der Waals surface area contributed by atoms with Crippen LogP contribution in [0.3, 0.4) is 0 Å². The molecule has 0 saturated heterocycles. The largest absolute Gasteiger partial charge is 0.497 e. The highest BCUT2D eigenvalue weighted by Gasteiger charge is 2.13. The van der Waals surface area contributed by atoms with Crippen molar-refractivity contribution in [3.63, 3.8) is 0 Å². The van der Waals surface area contributed by atoms with Gasteiger partial charge < -0.3 is 4.74 Å². The molecule has 0 aliphatic carbocycles. The van der Waals surface area contributed by atoms with E-state index in [0.717, 1.165) is 49.9 Å². The molecule has 152 valence electrons. The smallest absolute Gasteiger partial charge is 0.118 e. The zero-order valence-corrected chi connectivity index (χ0v) is 17.6. The molecular formula is C29H20N2O. The van der Waals surface area contributed by atoms with Crippen molar-refractivity contribution in [1.82, 2.24) is 9.97 Å². The van der Waals surface area contributed by atoms with Crippen molar-refractivity contribution in [3.8, 4) is 28.1 Å². The normalized spacial score (nSPS) is 11.3. The number of para-hydroxylation sites is 1. The predicted octanol–water partition coefficient (Wildman–Crippen LogP) is 7.28. The second kappa shape index (κ2) is 7.47. The first-order valence-corrected chi connectivity index (χ1v) is 10.6. The minimum atomic E-state index is 0.841. The minimum absolute atomic E-state index is 0.841. The highest BCUT2D eigenvalue weighted by atomic mass is 16.5. The fourth-order valence-electron chi connectivity index (χ4n) is 4.36. The minimum Gasteiger partial charge on any atom is -0.497 e. The second-order valence-electron chi connectivity index (χ2n) is 7.88. The summed E-state index contributed by atoms with van der Waals surface area (Å²) in [5.74, 6) is 0.841. The van der Waals surface area contributed by atoms with E-state index in [0.29, 0.717) is 0 Å². The highest BCUT2D eigenvalue weighted by Crippen LogP contribution is 2.36. The number of rotatable bonds is 3. The molecular weight excluding hydrogens is 392 g/mol. The lowest BCUT2D eigenvalue weighted by Crippen LogP contribution is -1.93. The van der Waals surface area contributed by atoms with Crippen LogP contribution in [0, 0.1) is 0 Å². The molecule has 6 aromatic rings. The number of nitrogens with zero attached hydrogens (tertiary/aromatic N) is 2. The SMILES string of the molecule is COc1ccc(-c2cc(-c3ccc4ccccc4c3)nc3cnc4ccccc4c23)cc1. The fraction of sp³-hybridized carbons (Fsp3) is 0.0345. The summed E-state index contributed by atoms with van der Waals surface area (Å²) in [5.41, 5.74) is 6.14. The van der Waals surface area contributed by atoms with Gasteiger partial charge >= 0.3 is 0 Å². The van der Waals surface area contributed by atoms with Gasteiger partial charge in [0.1, 0.15) is 5.75 Å². The van der Waals surface area contributed by atoms with Gasteiger partial charge in [0.15, 0.2) is 0 Å². The molecule has 0 unspecified atom stereocenters. The lowest BCUT2D eigenvalue weighted by Gasteiger charge is -2.13. The summed E-state index contributed by atoms with van der Waals surface area (Å²) in [6.45, 7) is 0. The number of ether oxygens (including phenoxy) is 1. The van der Waals surface area contributed by atoms with Crippen LogP contribution in [0.5, 0.6) is 5.75 Å². The Morgan fingerprint density at radius 2 is 1.41 bits per heavy atom.